The van der Waals surface area contributed by atoms with Crippen LogP contribution in [0.3, 0.4) is 0 Å². The minimum Gasteiger partial charge on any atom is -0.481 e. The molecule has 0 fully saturated rings. The Morgan fingerprint density at radius 1 is 1.25 bits per heavy atom. The summed E-state index contributed by atoms with van der Waals surface area (Å²) in [4.78, 5) is 18.9. The van der Waals surface area contributed by atoms with Gasteiger partial charge in [0, 0.05) is 29.6 Å². The first-order valence-corrected chi connectivity index (χ1v) is 6.47. The quantitative estimate of drug-likeness (QED) is 0.906. The molecule has 0 bridgehead atoms. The van der Waals surface area contributed by atoms with Crippen LogP contribution < -0.4 is 5.73 Å². The van der Waals surface area contributed by atoms with Crippen molar-refractivity contribution in [3.63, 3.8) is 0 Å². The van der Waals surface area contributed by atoms with Crippen LogP contribution in [0.15, 0.2) is 30.6 Å². The van der Waals surface area contributed by atoms with Gasteiger partial charge in [0.25, 0.3) is 0 Å². The Morgan fingerprint density at radius 2 is 1.90 bits per heavy atom. The van der Waals surface area contributed by atoms with Crippen molar-refractivity contribution in [2.45, 2.75) is 12.5 Å². The van der Waals surface area contributed by atoms with E-state index >= 15 is 0 Å². The molecule has 3 N–H and O–H groups in total. The average Bonchev–Trinajstić information content (AvgIpc) is 2.41. The van der Waals surface area contributed by atoms with Crippen LogP contribution in [-0.4, -0.2) is 21.0 Å². The number of aliphatic carboxylic acids is 1. The Bertz CT molecular complexity index is 632. The summed E-state index contributed by atoms with van der Waals surface area (Å²) >= 11 is 11.8. The molecule has 2 rings (SSSR count). The molecule has 0 saturated heterocycles. The molecule has 1 aromatic heterocycles. The number of hydrogen-bond acceptors (Lipinski definition) is 4. The van der Waals surface area contributed by atoms with E-state index in [1.807, 2.05) is 0 Å². The Balaban J connectivity index is 2.23. The fourth-order valence-corrected chi connectivity index (χ4v) is 1.92. The lowest BCUT2D eigenvalue weighted by Gasteiger charge is -2.09. The van der Waals surface area contributed by atoms with Crippen molar-refractivity contribution in [3.8, 4) is 11.4 Å². The number of nitrogens with zero attached hydrogens (tertiary/aromatic N) is 2. The second kappa shape index (κ2) is 6.17. The van der Waals surface area contributed by atoms with Crippen LogP contribution in [0, 0.1) is 0 Å². The van der Waals surface area contributed by atoms with E-state index in [9.17, 15) is 4.79 Å². The normalized spacial score (nSPS) is 12.2. The first kappa shape index (κ1) is 14.7. The SMILES string of the molecule is N[C@@H](CC(=O)O)c1cnc(-c2ccc(Cl)c(Cl)c2)nc1. The summed E-state index contributed by atoms with van der Waals surface area (Å²) in [5.41, 5.74) is 7.02. The van der Waals surface area contributed by atoms with Gasteiger partial charge in [-0.15, -0.1) is 0 Å². The van der Waals surface area contributed by atoms with E-state index in [-0.39, 0.29) is 6.42 Å². The summed E-state index contributed by atoms with van der Waals surface area (Å²) in [6, 6.07) is 4.44. The minimum atomic E-state index is -0.967. The zero-order valence-electron chi connectivity index (χ0n) is 10.3. The van der Waals surface area contributed by atoms with Gasteiger partial charge in [0.2, 0.25) is 0 Å². The Kier molecular flexibility index (Phi) is 4.54. The molecule has 5 nitrogen and oxygen atoms in total. The van der Waals surface area contributed by atoms with E-state index in [0.29, 0.717) is 21.4 Å². The van der Waals surface area contributed by atoms with E-state index in [1.165, 1.54) is 12.4 Å². The molecule has 0 spiro atoms. The molecule has 104 valence electrons. The van der Waals surface area contributed by atoms with Crippen molar-refractivity contribution in [3.05, 3.63) is 46.2 Å². The first-order valence-electron chi connectivity index (χ1n) is 5.72. The highest BCUT2D eigenvalue weighted by Gasteiger charge is 2.12. The highest BCUT2D eigenvalue weighted by Crippen LogP contribution is 2.26. The highest BCUT2D eigenvalue weighted by atomic mass is 35.5. The molecule has 7 heteroatoms. The van der Waals surface area contributed by atoms with Crippen LogP contribution in [0.2, 0.25) is 10.0 Å². The number of benzene rings is 1. The van der Waals surface area contributed by atoms with Crippen molar-refractivity contribution in [1.29, 1.82) is 0 Å². The highest BCUT2D eigenvalue weighted by molar-refractivity contribution is 6.42. The van der Waals surface area contributed by atoms with Gasteiger partial charge < -0.3 is 10.8 Å². The van der Waals surface area contributed by atoms with Crippen LogP contribution >= 0.6 is 23.2 Å². The van der Waals surface area contributed by atoms with Crippen LogP contribution in [0.1, 0.15) is 18.0 Å². The molecular formula is C13H11Cl2N3O2. The predicted octanol–water partition coefficient (Wildman–Crippen LogP) is 2.92. The molecule has 0 radical (unpaired) electrons. The molecule has 0 saturated carbocycles. The van der Waals surface area contributed by atoms with Gasteiger partial charge in [0.15, 0.2) is 5.82 Å². The summed E-state index contributed by atoms with van der Waals surface area (Å²) in [7, 11) is 0. The minimum absolute atomic E-state index is 0.171. The topological polar surface area (TPSA) is 89.1 Å². The molecule has 1 atom stereocenters. The fraction of sp³-hybridized carbons (Fsp3) is 0.154. The van der Waals surface area contributed by atoms with E-state index < -0.39 is 12.0 Å². The van der Waals surface area contributed by atoms with Crippen LogP contribution in [0.5, 0.6) is 0 Å². The monoisotopic (exact) mass is 311 g/mol. The number of rotatable bonds is 4. The standard InChI is InChI=1S/C13H11Cl2N3O2/c14-9-2-1-7(3-10(9)15)13-17-5-8(6-18-13)11(16)4-12(19)20/h1-3,5-6,11H,4,16H2,(H,19,20)/t11-/m0/s1. The molecule has 0 unspecified atom stereocenters. The summed E-state index contributed by atoms with van der Waals surface area (Å²) < 4.78 is 0. The molecule has 0 aliphatic carbocycles. The van der Waals surface area contributed by atoms with Crippen LogP contribution in [-0.2, 0) is 4.79 Å². The van der Waals surface area contributed by atoms with Gasteiger partial charge >= 0.3 is 5.97 Å². The number of aromatic nitrogens is 2. The lowest BCUT2D eigenvalue weighted by Crippen LogP contribution is -2.15. The van der Waals surface area contributed by atoms with E-state index in [1.54, 1.807) is 18.2 Å². The second-order valence-corrected chi connectivity index (χ2v) is 4.99. The molecule has 1 aromatic carbocycles. The van der Waals surface area contributed by atoms with Gasteiger partial charge in [-0.3, -0.25) is 4.79 Å². The largest absolute Gasteiger partial charge is 0.481 e. The number of carboxylic acids is 1. The summed E-state index contributed by atoms with van der Waals surface area (Å²) in [5.74, 6) is -0.499. The lowest BCUT2D eigenvalue weighted by atomic mass is 10.1. The molecule has 2 aromatic rings. The van der Waals surface area contributed by atoms with Gasteiger partial charge in [-0.1, -0.05) is 23.2 Å². The Labute approximate surface area is 125 Å². The third-order valence-electron chi connectivity index (χ3n) is 2.67. The van der Waals surface area contributed by atoms with Gasteiger partial charge in [0.1, 0.15) is 0 Å². The van der Waals surface area contributed by atoms with Crippen LogP contribution in [0.4, 0.5) is 0 Å². The molecule has 0 aliphatic rings. The van der Waals surface area contributed by atoms with Gasteiger partial charge in [0.05, 0.1) is 16.5 Å². The first-order chi connectivity index (χ1) is 9.47. The number of hydrogen-bond donors (Lipinski definition) is 2. The third kappa shape index (κ3) is 3.45. The number of halogens is 2. The Hall–Kier alpha value is -1.69. The molecule has 20 heavy (non-hydrogen) atoms. The van der Waals surface area contributed by atoms with E-state index in [4.69, 9.17) is 34.0 Å². The van der Waals surface area contributed by atoms with Gasteiger partial charge in [-0.05, 0) is 18.2 Å². The summed E-state index contributed by atoms with van der Waals surface area (Å²) in [6.07, 6.45) is 2.85. The Morgan fingerprint density at radius 3 is 2.45 bits per heavy atom. The number of carboxylic acid groups (broad SMARTS) is 1. The summed E-state index contributed by atoms with van der Waals surface area (Å²) in [5, 5.41) is 9.56. The number of nitrogens with two attached hydrogens (primary N) is 1. The van der Waals surface area contributed by atoms with Crippen molar-refractivity contribution >= 4 is 29.2 Å². The molecule has 0 aliphatic heterocycles. The fourth-order valence-electron chi connectivity index (χ4n) is 1.62. The molecular weight excluding hydrogens is 301 g/mol. The molecule has 0 amide bonds. The number of carbonyl (C=O) groups is 1. The average molecular weight is 312 g/mol. The van der Waals surface area contributed by atoms with Crippen molar-refractivity contribution < 1.29 is 9.90 Å². The summed E-state index contributed by atoms with van der Waals surface area (Å²) in [6.45, 7) is 0. The maximum absolute atomic E-state index is 10.6. The van der Waals surface area contributed by atoms with Crippen molar-refractivity contribution in [1.82, 2.24) is 9.97 Å². The second-order valence-electron chi connectivity index (χ2n) is 4.17. The lowest BCUT2D eigenvalue weighted by molar-refractivity contribution is -0.137. The van der Waals surface area contributed by atoms with Crippen molar-refractivity contribution in [2.24, 2.45) is 5.73 Å². The maximum atomic E-state index is 10.6. The zero-order chi connectivity index (χ0) is 14.7. The zero-order valence-corrected chi connectivity index (χ0v) is 11.8. The van der Waals surface area contributed by atoms with E-state index in [2.05, 4.69) is 9.97 Å². The smallest absolute Gasteiger partial charge is 0.305 e. The third-order valence-corrected chi connectivity index (χ3v) is 3.41. The van der Waals surface area contributed by atoms with E-state index in [0.717, 1.165) is 5.56 Å². The van der Waals surface area contributed by atoms with Gasteiger partial charge in [-0.25, -0.2) is 9.97 Å². The maximum Gasteiger partial charge on any atom is 0.305 e. The predicted molar refractivity (Wildman–Crippen MR) is 76.7 cm³/mol. The van der Waals surface area contributed by atoms with Crippen LogP contribution in [0.25, 0.3) is 11.4 Å². The van der Waals surface area contributed by atoms with Gasteiger partial charge in [-0.2, -0.15) is 0 Å². The van der Waals surface area contributed by atoms with Crippen molar-refractivity contribution in [2.75, 3.05) is 0 Å². The molecule has 1 heterocycles.